The van der Waals surface area contributed by atoms with Crippen LogP contribution in [0.25, 0.3) is 33.9 Å². The fraction of sp³-hybridized carbons (Fsp3) is 0.182. The van der Waals surface area contributed by atoms with E-state index in [0.717, 1.165) is 27.9 Å². The number of benzene rings is 2. The van der Waals surface area contributed by atoms with Gasteiger partial charge in [-0.1, -0.05) is 48.5 Å². The molecule has 0 saturated carbocycles. The van der Waals surface area contributed by atoms with Crippen molar-refractivity contribution in [3.8, 4) is 11.3 Å². The van der Waals surface area contributed by atoms with E-state index in [9.17, 15) is 0 Å². The van der Waals surface area contributed by atoms with Gasteiger partial charge in [-0.3, -0.25) is 0 Å². The summed E-state index contributed by atoms with van der Waals surface area (Å²) in [6, 6.07) is 18.8. The van der Waals surface area contributed by atoms with Gasteiger partial charge >= 0.3 is 0 Å². The fourth-order valence-corrected chi connectivity index (χ4v) is 3.46. The molecule has 2 heterocycles. The molecule has 4 nitrogen and oxygen atoms in total. The van der Waals surface area contributed by atoms with Crippen molar-refractivity contribution < 1.29 is 17.0 Å². The van der Waals surface area contributed by atoms with Crippen LogP contribution in [0.3, 0.4) is 0 Å². The molecular formula is C22H23ClN4. The topological polar surface area (TPSA) is 23.5 Å². The first-order valence-corrected chi connectivity index (χ1v) is 8.74. The van der Waals surface area contributed by atoms with Crippen LogP contribution >= 0.6 is 0 Å². The van der Waals surface area contributed by atoms with Crippen LogP contribution in [0.5, 0.6) is 0 Å². The summed E-state index contributed by atoms with van der Waals surface area (Å²) in [5.41, 5.74) is 5.56. The molecule has 0 aliphatic carbocycles. The normalized spacial score (nSPS) is 11.6. The largest absolute Gasteiger partial charge is 1.00 e. The minimum Gasteiger partial charge on any atom is -1.00 e. The number of hydrogen-bond donors (Lipinski definition) is 0. The smallest absolute Gasteiger partial charge is 0.174 e. The summed E-state index contributed by atoms with van der Waals surface area (Å²) < 4.78 is 4.17. The summed E-state index contributed by atoms with van der Waals surface area (Å²) in [7, 11) is 8.22. The molecule has 0 aliphatic rings. The summed E-state index contributed by atoms with van der Waals surface area (Å²) in [5.74, 6) is 0. The Balaban J connectivity index is 0.00000210. The van der Waals surface area contributed by atoms with Crippen molar-refractivity contribution in [3.63, 3.8) is 0 Å². The molecule has 0 unspecified atom stereocenters. The van der Waals surface area contributed by atoms with Gasteiger partial charge in [0.15, 0.2) is 6.21 Å². The SMILES string of the molecule is CN(C)/C=c1/c2ccccc2n2nc(-c3ccccc3)c(C=[N+](C)C)c12.[Cl-]. The highest BCUT2D eigenvalue weighted by atomic mass is 35.5. The van der Waals surface area contributed by atoms with E-state index in [-0.39, 0.29) is 12.4 Å². The lowest BCUT2D eigenvalue weighted by molar-refractivity contribution is -0.458. The van der Waals surface area contributed by atoms with Gasteiger partial charge in [-0.2, -0.15) is 5.10 Å². The number of para-hydroxylation sites is 1. The molecular weight excluding hydrogens is 356 g/mol. The Morgan fingerprint density at radius 3 is 2.30 bits per heavy atom. The highest BCUT2D eigenvalue weighted by Crippen LogP contribution is 2.26. The van der Waals surface area contributed by atoms with E-state index >= 15 is 0 Å². The second kappa shape index (κ2) is 7.41. The van der Waals surface area contributed by atoms with E-state index < -0.39 is 0 Å². The van der Waals surface area contributed by atoms with Crippen molar-refractivity contribution in [3.05, 3.63) is 65.4 Å². The van der Waals surface area contributed by atoms with Crippen LogP contribution in [0.15, 0.2) is 54.6 Å². The van der Waals surface area contributed by atoms with Gasteiger partial charge in [0.05, 0.1) is 16.6 Å². The van der Waals surface area contributed by atoms with Gasteiger partial charge < -0.3 is 17.3 Å². The Labute approximate surface area is 165 Å². The molecule has 0 saturated heterocycles. The van der Waals surface area contributed by atoms with Gasteiger partial charge in [0.25, 0.3) is 0 Å². The maximum Gasteiger partial charge on any atom is 0.174 e. The molecule has 0 fully saturated rings. The monoisotopic (exact) mass is 378 g/mol. The van der Waals surface area contributed by atoms with Gasteiger partial charge in [-0.05, 0) is 6.07 Å². The van der Waals surface area contributed by atoms with Crippen LogP contribution in [0, 0.1) is 0 Å². The molecule has 4 aromatic rings. The molecule has 2 aromatic carbocycles. The number of hydrogen-bond acceptors (Lipinski definition) is 2. The average Bonchev–Trinajstić information content (AvgIpc) is 3.12. The zero-order valence-electron chi connectivity index (χ0n) is 16.0. The van der Waals surface area contributed by atoms with E-state index in [2.05, 4.69) is 103 Å². The number of fused-ring (bicyclic) bond motifs is 3. The van der Waals surface area contributed by atoms with Crippen molar-refractivity contribution in [1.82, 2.24) is 14.5 Å². The third-order valence-corrected chi connectivity index (χ3v) is 4.42. The zero-order valence-corrected chi connectivity index (χ0v) is 16.8. The van der Waals surface area contributed by atoms with Crippen LogP contribution in [-0.2, 0) is 0 Å². The van der Waals surface area contributed by atoms with Crippen LogP contribution < -0.4 is 17.6 Å². The van der Waals surface area contributed by atoms with Gasteiger partial charge in [0, 0.05) is 36.5 Å². The van der Waals surface area contributed by atoms with Gasteiger partial charge in [0.2, 0.25) is 0 Å². The Morgan fingerprint density at radius 2 is 1.63 bits per heavy atom. The standard InChI is InChI=1S/C22H23N4.ClH/c1-24(2)14-18-17-12-8-9-13-20(17)26-22(18)19(15-25(3)4)21(23-26)16-10-6-5-7-11-16;/h5-15H,1-4H3;1H/q+1;/p-1. The van der Waals surface area contributed by atoms with Crippen LogP contribution in [0.1, 0.15) is 5.56 Å². The molecule has 0 N–H and O–H groups in total. The summed E-state index contributed by atoms with van der Waals surface area (Å²) in [6.07, 6.45) is 4.34. The van der Waals surface area contributed by atoms with E-state index in [1.165, 1.54) is 10.6 Å². The molecule has 27 heavy (non-hydrogen) atoms. The highest BCUT2D eigenvalue weighted by Gasteiger charge is 2.20. The summed E-state index contributed by atoms with van der Waals surface area (Å²) >= 11 is 0. The molecule has 0 atom stereocenters. The van der Waals surface area contributed by atoms with Crippen LogP contribution in [0.2, 0.25) is 0 Å². The molecule has 4 rings (SSSR count). The van der Waals surface area contributed by atoms with Crippen molar-refractivity contribution in [2.45, 2.75) is 0 Å². The fourth-order valence-electron chi connectivity index (χ4n) is 3.46. The van der Waals surface area contributed by atoms with Crippen molar-refractivity contribution in [2.24, 2.45) is 0 Å². The average molecular weight is 379 g/mol. The molecule has 138 valence electrons. The molecule has 0 amide bonds. The highest BCUT2D eigenvalue weighted by molar-refractivity contribution is 6.01. The maximum atomic E-state index is 5.01. The van der Waals surface area contributed by atoms with Crippen molar-refractivity contribution in [1.29, 1.82) is 0 Å². The third-order valence-electron chi connectivity index (χ3n) is 4.42. The van der Waals surface area contributed by atoms with E-state index in [4.69, 9.17) is 5.10 Å². The molecule has 0 bridgehead atoms. The molecule has 0 radical (unpaired) electrons. The van der Waals surface area contributed by atoms with Crippen LogP contribution in [-0.4, -0.2) is 53.5 Å². The number of aromatic nitrogens is 2. The minimum absolute atomic E-state index is 0. The molecule has 5 heteroatoms. The molecule has 0 spiro atoms. The lowest BCUT2D eigenvalue weighted by Gasteiger charge is -2.03. The third kappa shape index (κ3) is 3.28. The summed E-state index contributed by atoms with van der Waals surface area (Å²) in [6.45, 7) is 0. The van der Waals surface area contributed by atoms with Gasteiger partial charge in [-0.15, -0.1) is 0 Å². The van der Waals surface area contributed by atoms with E-state index in [0.29, 0.717) is 0 Å². The second-order valence-corrected chi connectivity index (χ2v) is 7.00. The quantitative estimate of drug-likeness (QED) is 0.366. The molecule has 0 aliphatic heterocycles. The maximum absolute atomic E-state index is 5.01. The van der Waals surface area contributed by atoms with Crippen molar-refractivity contribution >= 4 is 28.8 Å². The lowest BCUT2D eigenvalue weighted by Crippen LogP contribution is -3.00. The lowest BCUT2D eigenvalue weighted by atomic mass is 10.1. The summed E-state index contributed by atoms with van der Waals surface area (Å²) in [5, 5.41) is 7.43. The first-order valence-electron chi connectivity index (χ1n) is 8.74. The zero-order chi connectivity index (χ0) is 18.3. The first-order chi connectivity index (χ1) is 12.6. The minimum atomic E-state index is 0. The Bertz CT molecular complexity index is 1170. The number of rotatable bonds is 3. The Kier molecular flexibility index (Phi) is 5.19. The Hall–Kier alpha value is -2.85. The second-order valence-electron chi connectivity index (χ2n) is 7.00. The van der Waals surface area contributed by atoms with Gasteiger partial charge in [0.1, 0.15) is 19.8 Å². The first kappa shape index (κ1) is 18.9. The molecule has 2 aromatic heterocycles. The van der Waals surface area contributed by atoms with Crippen LogP contribution in [0.4, 0.5) is 0 Å². The number of halogens is 1. The predicted octanol–water partition coefficient (Wildman–Crippen LogP) is -0.132. The van der Waals surface area contributed by atoms with E-state index in [1.54, 1.807) is 0 Å². The van der Waals surface area contributed by atoms with Crippen molar-refractivity contribution in [2.75, 3.05) is 28.2 Å². The predicted molar refractivity (Wildman–Crippen MR) is 109 cm³/mol. The number of nitrogens with zero attached hydrogens (tertiary/aromatic N) is 4. The Morgan fingerprint density at radius 1 is 0.963 bits per heavy atom. The van der Waals surface area contributed by atoms with Gasteiger partial charge in [-0.25, -0.2) is 9.09 Å². The van der Waals surface area contributed by atoms with E-state index in [1.807, 2.05) is 6.07 Å². The summed E-state index contributed by atoms with van der Waals surface area (Å²) in [4.78, 5) is 2.09.